The van der Waals surface area contributed by atoms with Crippen LogP contribution in [0.1, 0.15) is 21.7 Å². The molecule has 0 aliphatic heterocycles. The van der Waals surface area contributed by atoms with Crippen molar-refractivity contribution in [2.75, 3.05) is 7.11 Å². The summed E-state index contributed by atoms with van der Waals surface area (Å²) in [4.78, 5) is 33.6. The Kier molecular flexibility index (Phi) is 4.90. The van der Waals surface area contributed by atoms with Crippen LogP contribution in [0, 0.1) is 6.92 Å². The number of carbonyl (C=O) groups is 1. The highest BCUT2D eigenvalue weighted by atomic mass is 19.4. The molecule has 0 saturated carbocycles. The minimum atomic E-state index is -4.78. The molecule has 0 unspecified atom stereocenters. The van der Waals surface area contributed by atoms with E-state index < -0.39 is 23.3 Å². The number of aryl methyl sites for hydroxylation is 1. The number of ether oxygens (including phenoxy) is 1. The molecule has 1 amide bonds. The van der Waals surface area contributed by atoms with Gasteiger partial charge in [-0.1, -0.05) is 30.3 Å². The van der Waals surface area contributed by atoms with Gasteiger partial charge in [0.2, 0.25) is 11.8 Å². The molecular weight excluding hydrogens is 467 g/mol. The fourth-order valence-electron chi connectivity index (χ4n) is 3.91. The van der Waals surface area contributed by atoms with Crippen LogP contribution in [-0.4, -0.2) is 32.6 Å². The number of nitrogens with one attached hydrogen (secondary N) is 1. The number of primary amides is 1. The monoisotopic (exact) mass is 483 g/mol. The summed E-state index contributed by atoms with van der Waals surface area (Å²) in [5.41, 5.74) is 3.50. The molecule has 0 bridgehead atoms. The second kappa shape index (κ2) is 7.72. The van der Waals surface area contributed by atoms with Crippen molar-refractivity contribution in [3.8, 4) is 28.3 Å². The number of rotatable bonds is 4. The van der Waals surface area contributed by atoms with Crippen molar-refractivity contribution in [1.29, 1.82) is 0 Å². The standard InChI is InChI=1S/C23H16F3N5O4/c1-10-15(21-29-17-13(34-2)8-12(19(27)32)9-14(17)35-21)22(33)31-20(28-10)16(11-6-4-3-5-7-11)18(30-31)23(24,25)26/h3-9,30H,1-2H3,(H2,27,32). The van der Waals surface area contributed by atoms with E-state index in [2.05, 4.69) is 15.1 Å². The lowest BCUT2D eigenvalue weighted by atomic mass is 10.1. The van der Waals surface area contributed by atoms with Gasteiger partial charge in [-0.25, -0.2) is 9.97 Å². The number of fused-ring (bicyclic) bond motifs is 2. The van der Waals surface area contributed by atoms with Crippen molar-refractivity contribution < 1.29 is 27.1 Å². The number of amides is 1. The number of nitrogens with zero attached hydrogens (tertiary/aromatic N) is 3. The number of hydrogen-bond donors (Lipinski definition) is 2. The highest BCUT2D eigenvalue weighted by Crippen LogP contribution is 2.38. The van der Waals surface area contributed by atoms with Crippen molar-refractivity contribution >= 4 is 22.7 Å². The van der Waals surface area contributed by atoms with Gasteiger partial charge in [-0.15, -0.1) is 0 Å². The van der Waals surface area contributed by atoms with E-state index in [4.69, 9.17) is 14.9 Å². The first-order valence-corrected chi connectivity index (χ1v) is 10.2. The predicted molar refractivity (Wildman–Crippen MR) is 119 cm³/mol. The minimum absolute atomic E-state index is 0.0887. The van der Waals surface area contributed by atoms with E-state index >= 15 is 0 Å². The molecule has 0 fully saturated rings. The van der Waals surface area contributed by atoms with E-state index in [1.54, 1.807) is 18.2 Å². The van der Waals surface area contributed by atoms with Crippen molar-refractivity contribution in [2.24, 2.45) is 5.73 Å². The van der Waals surface area contributed by atoms with Gasteiger partial charge in [-0.05, 0) is 24.6 Å². The lowest BCUT2D eigenvalue weighted by molar-refractivity contribution is -0.140. The summed E-state index contributed by atoms with van der Waals surface area (Å²) >= 11 is 0. The zero-order valence-electron chi connectivity index (χ0n) is 18.2. The fraction of sp³-hybridized carbons (Fsp3) is 0.130. The molecule has 0 atom stereocenters. The summed E-state index contributed by atoms with van der Waals surface area (Å²) in [6, 6.07) is 10.5. The Morgan fingerprint density at radius 2 is 1.86 bits per heavy atom. The summed E-state index contributed by atoms with van der Waals surface area (Å²) < 4.78 is 53.4. The Balaban J connectivity index is 1.80. The Labute approximate surface area is 193 Å². The largest absolute Gasteiger partial charge is 0.494 e. The quantitative estimate of drug-likeness (QED) is 0.399. The highest BCUT2D eigenvalue weighted by Gasteiger charge is 2.38. The average Bonchev–Trinajstić information content (AvgIpc) is 3.40. The van der Waals surface area contributed by atoms with Crippen LogP contribution >= 0.6 is 0 Å². The normalized spacial score (nSPS) is 11.9. The topological polar surface area (TPSA) is 129 Å². The van der Waals surface area contributed by atoms with Gasteiger partial charge >= 0.3 is 6.18 Å². The van der Waals surface area contributed by atoms with E-state index in [0.717, 1.165) is 0 Å². The molecule has 9 nitrogen and oxygen atoms in total. The Morgan fingerprint density at radius 3 is 2.49 bits per heavy atom. The molecule has 3 heterocycles. The number of nitrogens with two attached hydrogens (primary N) is 1. The van der Waals surface area contributed by atoms with Crippen LogP contribution in [0.3, 0.4) is 0 Å². The lowest BCUT2D eigenvalue weighted by Gasteiger charge is -2.07. The third-order valence-electron chi connectivity index (χ3n) is 5.49. The van der Waals surface area contributed by atoms with Crippen molar-refractivity contribution in [2.45, 2.75) is 13.1 Å². The van der Waals surface area contributed by atoms with E-state index in [1.165, 1.54) is 38.3 Å². The molecule has 5 aromatic rings. The summed E-state index contributed by atoms with van der Waals surface area (Å²) in [6.45, 7) is 1.46. The SMILES string of the molecule is COc1cc(C(N)=O)cc2oc(-c3c(C)nc4c(-c5ccccc5)c(C(F)(F)F)[nH]n4c3=O)nc12. The zero-order valence-corrected chi connectivity index (χ0v) is 18.2. The number of benzene rings is 2. The number of hydrogen-bond acceptors (Lipinski definition) is 6. The molecule has 35 heavy (non-hydrogen) atoms. The first-order chi connectivity index (χ1) is 16.6. The van der Waals surface area contributed by atoms with Gasteiger partial charge in [-0.3, -0.25) is 14.7 Å². The van der Waals surface area contributed by atoms with Gasteiger partial charge in [0, 0.05) is 5.56 Å². The number of aromatic nitrogens is 4. The molecule has 178 valence electrons. The molecule has 0 radical (unpaired) electrons. The molecule has 0 aliphatic rings. The van der Waals surface area contributed by atoms with Gasteiger partial charge in [0.15, 0.2) is 16.7 Å². The maximum absolute atomic E-state index is 13.9. The first kappa shape index (κ1) is 22.2. The van der Waals surface area contributed by atoms with Crippen molar-refractivity contribution in [3.05, 3.63) is 69.8 Å². The Bertz CT molecular complexity index is 1680. The number of halogens is 3. The maximum atomic E-state index is 13.9. The number of H-pyrrole nitrogens is 1. The van der Waals surface area contributed by atoms with E-state index in [-0.39, 0.29) is 56.3 Å². The Morgan fingerprint density at radius 1 is 1.14 bits per heavy atom. The predicted octanol–water partition coefficient (Wildman–Crippen LogP) is 3.93. The van der Waals surface area contributed by atoms with Crippen LogP contribution in [0.2, 0.25) is 0 Å². The second-order valence-corrected chi connectivity index (χ2v) is 7.67. The van der Waals surface area contributed by atoms with Crippen LogP contribution in [0.25, 0.3) is 39.3 Å². The van der Waals surface area contributed by atoms with Gasteiger partial charge < -0.3 is 14.9 Å². The van der Waals surface area contributed by atoms with Crippen LogP contribution in [0.5, 0.6) is 5.75 Å². The van der Waals surface area contributed by atoms with Crippen LogP contribution in [0.15, 0.2) is 51.7 Å². The number of oxazole rings is 1. The molecular formula is C23H16F3N5O4. The summed E-state index contributed by atoms with van der Waals surface area (Å²) in [5, 5.41) is 2.15. The molecule has 0 aliphatic carbocycles. The van der Waals surface area contributed by atoms with Gasteiger partial charge in [0.25, 0.3) is 5.56 Å². The van der Waals surface area contributed by atoms with Crippen LogP contribution in [0.4, 0.5) is 13.2 Å². The minimum Gasteiger partial charge on any atom is -0.494 e. The molecule has 5 rings (SSSR count). The third-order valence-corrected chi connectivity index (χ3v) is 5.49. The molecule has 0 spiro atoms. The number of alkyl halides is 3. The summed E-state index contributed by atoms with van der Waals surface area (Å²) in [7, 11) is 1.35. The first-order valence-electron chi connectivity index (χ1n) is 10.2. The lowest BCUT2D eigenvalue weighted by Crippen LogP contribution is -2.19. The molecule has 0 saturated heterocycles. The average molecular weight is 483 g/mol. The molecule has 2 aromatic carbocycles. The highest BCUT2D eigenvalue weighted by molar-refractivity contribution is 5.98. The molecule has 12 heteroatoms. The van der Waals surface area contributed by atoms with Gasteiger partial charge in [0.05, 0.1) is 18.4 Å². The smallest absolute Gasteiger partial charge is 0.433 e. The van der Waals surface area contributed by atoms with E-state index in [1.807, 2.05) is 0 Å². The zero-order chi connectivity index (χ0) is 25.1. The molecule has 3 N–H and O–H groups in total. The van der Waals surface area contributed by atoms with Crippen LogP contribution in [-0.2, 0) is 6.18 Å². The van der Waals surface area contributed by atoms with Crippen molar-refractivity contribution in [3.63, 3.8) is 0 Å². The fourth-order valence-corrected chi connectivity index (χ4v) is 3.91. The number of methoxy groups -OCH3 is 1. The van der Waals surface area contributed by atoms with E-state index in [0.29, 0.717) is 4.52 Å². The summed E-state index contributed by atoms with van der Waals surface area (Å²) in [5.74, 6) is -0.764. The number of carbonyl (C=O) groups excluding carboxylic acids is 1. The van der Waals surface area contributed by atoms with E-state index in [9.17, 15) is 22.8 Å². The Hall–Kier alpha value is -4.61. The number of aromatic amines is 1. The van der Waals surface area contributed by atoms with Gasteiger partial charge in [-0.2, -0.15) is 17.7 Å². The third kappa shape index (κ3) is 3.50. The van der Waals surface area contributed by atoms with Gasteiger partial charge in [0.1, 0.15) is 17.0 Å². The second-order valence-electron chi connectivity index (χ2n) is 7.67. The molecule has 3 aromatic heterocycles. The van der Waals surface area contributed by atoms with Crippen LogP contribution < -0.4 is 16.0 Å². The summed E-state index contributed by atoms with van der Waals surface area (Å²) in [6.07, 6.45) is -4.78. The maximum Gasteiger partial charge on any atom is 0.433 e. The van der Waals surface area contributed by atoms with Crippen molar-refractivity contribution in [1.82, 2.24) is 19.6 Å².